The molecule has 1 N–H and O–H groups in total. The highest BCUT2D eigenvalue weighted by atomic mass is 35.5. The van der Waals surface area contributed by atoms with E-state index >= 15 is 0 Å². The molecule has 1 aliphatic heterocycles. The summed E-state index contributed by atoms with van der Waals surface area (Å²) in [6, 6.07) is 8.86. The Morgan fingerprint density at radius 1 is 1.19 bits per heavy atom. The lowest BCUT2D eigenvalue weighted by Gasteiger charge is -2.20. The molecule has 0 bridgehead atoms. The van der Waals surface area contributed by atoms with Gasteiger partial charge in [0.1, 0.15) is 19.0 Å². The minimum absolute atomic E-state index is 0.0152. The normalized spacial score (nSPS) is 13.2. The Morgan fingerprint density at radius 2 is 1.93 bits per heavy atom. The van der Waals surface area contributed by atoms with E-state index in [1.807, 2.05) is 0 Å². The van der Waals surface area contributed by atoms with Crippen molar-refractivity contribution in [2.75, 3.05) is 13.2 Å². The van der Waals surface area contributed by atoms with Gasteiger partial charge in [0.05, 0.1) is 11.4 Å². The number of alkyl halides is 3. The van der Waals surface area contributed by atoms with Gasteiger partial charge in [-0.15, -0.1) is 13.2 Å². The van der Waals surface area contributed by atoms with E-state index in [0.717, 1.165) is 0 Å². The summed E-state index contributed by atoms with van der Waals surface area (Å²) in [6.07, 6.45) is -4.82. The number of hydrogen-bond acceptors (Lipinski definition) is 4. The van der Waals surface area contributed by atoms with Gasteiger partial charge in [-0.05, 0) is 23.8 Å². The van der Waals surface area contributed by atoms with Crippen LogP contribution in [0.3, 0.4) is 0 Å². The van der Waals surface area contributed by atoms with Gasteiger partial charge in [-0.25, -0.2) is 0 Å². The van der Waals surface area contributed by atoms with Gasteiger partial charge in [0, 0.05) is 12.1 Å². The molecule has 0 saturated carbocycles. The van der Waals surface area contributed by atoms with Gasteiger partial charge < -0.3 is 19.5 Å². The van der Waals surface area contributed by atoms with Crippen molar-refractivity contribution in [2.45, 2.75) is 19.3 Å². The monoisotopic (exact) mass is 401 g/mol. The zero-order valence-corrected chi connectivity index (χ0v) is 14.7. The van der Waals surface area contributed by atoms with E-state index in [0.29, 0.717) is 35.3 Å². The summed E-state index contributed by atoms with van der Waals surface area (Å²) in [5, 5.41) is 2.90. The number of nitrogens with one attached hydrogen (secondary N) is 1. The van der Waals surface area contributed by atoms with Crippen molar-refractivity contribution in [1.82, 2.24) is 5.32 Å². The number of carbonyl (C=O) groups is 1. The molecule has 144 valence electrons. The van der Waals surface area contributed by atoms with Gasteiger partial charge in [-0.3, -0.25) is 4.79 Å². The standard InChI is InChI=1S/C18H15ClF3NO4/c19-13-7-11(8-15-17(13)26-6-5-25-15)9-16(24)23-10-12-3-1-2-4-14(12)27-18(20,21)22/h1-4,7-8H,5-6,9-10H2,(H,23,24). The Morgan fingerprint density at radius 3 is 2.70 bits per heavy atom. The van der Waals surface area contributed by atoms with Crippen LogP contribution in [0, 0.1) is 0 Å². The summed E-state index contributed by atoms with van der Waals surface area (Å²) in [5.74, 6) is 0.156. The molecule has 1 aliphatic rings. The fourth-order valence-electron chi connectivity index (χ4n) is 2.58. The second kappa shape index (κ2) is 7.96. The van der Waals surface area contributed by atoms with Crippen LogP contribution in [0.4, 0.5) is 13.2 Å². The number of benzene rings is 2. The van der Waals surface area contributed by atoms with Crippen molar-refractivity contribution in [2.24, 2.45) is 0 Å². The first-order valence-electron chi connectivity index (χ1n) is 8.00. The molecule has 1 amide bonds. The van der Waals surface area contributed by atoms with E-state index in [-0.39, 0.29) is 30.2 Å². The van der Waals surface area contributed by atoms with Crippen LogP contribution in [-0.2, 0) is 17.8 Å². The van der Waals surface area contributed by atoms with Crippen molar-refractivity contribution >= 4 is 17.5 Å². The minimum Gasteiger partial charge on any atom is -0.486 e. The number of amides is 1. The first kappa shape index (κ1) is 19.2. The molecule has 27 heavy (non-hydrogen) atoms. The molecule has 0 aliphatic carbocycles. The molecule has 0 atom stereocenters. The number of carbonyl (C=O) groups excluding carboxylic acids is 1. The van der Waals surface area contributed by atoms with Gasteiger partial charge in [-0.2, -0.15) is 0 Å². The van der Waals surface area contributed by atoms with Crippen molar-refractivity contribution in [3.63, 3.8) is 0 Å². The molecule has 0 fully saturated rings. The van der Waals surface area contributed by atoms with Crippen LogP contribution < -0.4 is 19.5 Å². The third kappa shape index (κ3) is 5.19. The van der Waals surface area contributed by atoms with E-state index in [9.17, 15) is 18.0 Å². The Bertz CT molecular complexity index is 842. The van der Waals surface area contributed by atoms with Gasteiger partial charge in [0.25, 0.3) is 0 Å². The molecule has 2 aromatic carbocycles. The van der Waals surface area contributed by atoms with E-state index in [4.69, 9.17) is 21.1 Å². The summed E-state index contributed by atoms with van der Waals surface area (Å²) >= 11 is 6.13. The second-order valence-electron chi connectivity index (χ2n) is 5.71. The zero-order chi connectivity index (χ0) is 19.4. The second-order valence-corrected chi connectivity index (χ2v) is 6.12. The Hall–Kier alpha value is -2.61. The van der Waals surface area contributed by atoms with Gasteiger partial charge in [0.15, 0.2) is 11.5 Å². The van der Waals surface area contributed by atoms with Crippen LogP contribution in [0.2, 0.25) is 5.02 Å². The van der Waals surface area contributed by atoms with Crippen LogP contribution in [0.15, 0.2) is 36.4 Å². The first-order chi connectivity index (χ1) is 12.8. The van der Waals surface area contributed by atoms with Gasteiger partial charge in [-0.1, -0.05) is 29.8 Å². The molecule has 1 heterocycles. The number of rotatable bonds is 5. The number of ether oxygens (including phenoxy) is 3. The van der Waals surface area contributed by atoms with Crippen molar-refractivity contribution < 1.29 is 32.2 Å². The van der Waals surface area contributed by atoms with Crippen LogP contribution >= 0.6 is 11.6 Å². The van der Waals surface area contributed by atoms with Crippen LogP contribution in [-0.4, -0.2) is 25.5 Å². The quantitative estimate of drug-likeness (QED) is 0.826. The van der Waals surface area contributed by atoms with E-state index in [1.165, 1.54) is 18.2 Å². The molecule has 0 saturated heterocycles. The van der Waals surface area contributed by atoms with Gasteiger partial charge >= 0.3 is 6.36 Å². The van der Waals surface area contributed by atoms with Crippen molar-refractivity contribution in [3.8, 4) is 17.2 Å². The molecular formula is C18H15ClF3NO4. The highest BCUT2D eigenvalue weighted by Crippen LogP contribution is 2.38. The highest BCUT2D eigenvalue weighted by Gasteiger charge is 2.32. The summed E-state index contributed by atoms with van der Waals surface area (Å²) in [5.41, 5.74) is 0.810. The molecule has 0 radical (unpaired) electrons. The molecule has 3 rings (SSSR count). The maximum Gasteiger partial charge on any atom is 0.573 e. The fraction of sp³-hybridized carbons (Fsp3) is 0.278. The predicted molar refractivity (Wildman–Crippen MR) is 91.1 cm³/mol. The van der Waals surface area contributed by atoms with Crippen molar-refractivity contribution in [3.05, 3.63) is 52.5 Å². The smallest absolute Gasteiger partial charge is 0.486 e. The maximum absolute atomic E-state index is 12.4. The summed E-state index contributed by atoms with van der Waals surface area (Å²) in [6.45, 7) is 0.671. The molecule has 9 heteroatoms. The largest absolute Gasteiger partial charge is 0.573 e. The number of para-hydroxylation sites is 1. The lowest BCUT2D eigenvalue weighted by molar-refractivity contribution is -0.274. The maximum atomic E-state index is 12.4. The van der Waals surface area contributed by atoms with Crippen LogP contribution in [0.1, 0.15) is 11.1 Å². The SMILES string of the molecule is O=C(Cc1cc(Cl)c2c(c1)OCCO2)NCc1ccccc1OC(F)(F)F. The number of hydrogen-bond donors (Lipinski definition) is 1. The summed E-state index contributed by atoms with van der Waals surface area (Å²) < 4.78 is 52.1. The Kier molecular flexibility index (Phi) is 5.65. The third-order valence-corrected chi connectivity index (χ3v) is 3.98. The lowest BCUT2D eigenvalue weighted by atomic mass is 10.1. The summed E-state index contributed by atoms with van der Waals surface area (Å²) in [4.78, 5) is 12.2. The van der Waals surface area contributed by atoms with Gasteiger partial charge in [0.2, 0.25) is 5.91 Å². The zero-order valence-electron chi connectivity index (χ0n) is 13.9. The average molecular weight is 402 g/mol. The van der Waals surface area contributed by atoms with E-state index in [1.54, 1.807) is 18.2 Å². The molecule has 5 nitrogen and oxygen atoms in total. The molecule has 0 spiro atoms. The molecule has 2 aromatic rings. The Labute approximate surface area is 158 Å². The van der Waals surface area contributed by atoms with Crippen molar-refractivity contribution in [1.29, 1.82) is 0 Å². The average Bonchev–Trinajstić information content (AvgIpc) is 2.60. The molecule has 0 unspecified atom stereocenters. The summed E-state index contributed by atoms with van der Waals surface area (Å²) in [7, 11) is 0. The fourth-order valence-corrected chi connectivity index (χ4v) is 2.87. The van der Waals surface area contributed by atoms with Crippen LogP contribution in [0.5, 0.6) is 17.2 Å². The lowest BCUT2D eigenvalue weighted by Crippen LogP contribution is -2.26. The topological polar surface area (TPSA) is 56.8 Å². The highest BCUT2D eigenvalue weighted by molar-refractivity contribution is 6.32. The minimum atomic E-state index is -4.80. The van der Waals surface area contributed by atoms with Crippen LogP contribution in [0.25, 0.3) is 0 Å². The van der Waals surface area contributed by atoms with E-state index < -0.39 is 6.36 Å². The Balaban J connectivity index is 1.63. The first-order valence-corrected chi connectivity index (χ1v) is 8.38. The number of fused-ring (bicyclic) bond motifs is 1. The third-order valence-electron chi connectivity index (χ3n) is 3.70. The molecule has 0 aromatic heterocycles. The number of halogens is 4. The van der Waals surface area contributed by atoms with E-state index in [2.05, 4.69) is 10.1 Å². The predicted octanol–water partition coefficient (Wildman–Crippen LogP) is 3.87. The molecular weight excluding hydrogens is 387 g/mol.